The predicted octanol–water partition coefficient (Wildman–Crippen LogP) is -1.66. The summed E-state index contributed by atoms with van der Waals surface area (Å²) in [5.41, 5.74) is 1.98. The van der Waals surface area contributed by atoms with Gasteiger partial charge in [-0.2, -0.15) is 0 Å². The van der Waals surface area contributed by atoms with Gasteiger partial charge in [0.15, 0.2) is 0 Å². The number of nitrogens with zero attached hydrogens (tertiary/aromatic N) is 2. The Bertz CT molecular complexity index is 206. The van der Waals surface area contributed by atoms with Gasteiger partial charge in [0.2, 0.25) is 0 Å². The van der Waals surface area contributed by atoms with Gasteiger partial charge in [0.1, 0.15) is 6.54 Å². The summed E-state index contributed by atoms with van der Waals surface area (Å²) in [6, 6.07) is -0.126. The van der Waals surface area contributed by atoms with Crippen molar-refractivity contribution in [3.05, 3.63) is 0 Å². The van der Waals surface area contributed by atoms with Crippen LogP contribution in [0.3, 0.4) is 0 Å². The first-order valence-corrected chi connectivity index (χ1v) is 3.64. The van der Waals surface area contributed by atoms with E-state index in [-0.39, 0.29) is 18.5 Å². The molecule has 1 rings (SSSR count). The number of rotatable bonds is 2. The maximum absolute atomic E-state index is 11.2. The molecule has 6 heteroatoms. The van der Waals surface area contributed by atoms with E-state index in [9.17, 15) is 9.59 Å². The van der Waals surface area contributed by atoms with Gasteiger partial charge in [-0.15, -0.1) is 0 Å². The molecule has 1 aliphatic rings. The minimum Gasteiger partial charge on any atom is -0.326 e. The Labute approximate surface area is 70.3 Å². The van der Waals surface area contributed by atoms with E-state index in [0.29, 0.717) is 13.1 Å². The number of nitrogens with two attached hydrogens (primary N) is 1. The molecule has 0 aromatic carbocycles. The highest BCUT2D eigenvalue weighted by Crippen LogP contribution is 2.04. The van der Waals surface area contributed by atoms with E-state index >= 15 is 0 Å². The lowest BCUT2D eigenvalue weighted by Crippen LogP contribution is -2.41. The standard InChI is InChI=1S/C6H12N4O2/c1-9-2-3-10(6(9)12)4-5(11)8-7/h2-4,7H2,1H3,(H,8,11). The van der Waals surface area contributed by atoms with Gasteiger partial charge in [-0.3, -0.25) is 10.2 Å². The molecule has 3 N–H and O–H groups in total. The molecule has 0 spiro atoms. The zero-order valence-electron chi connectivity index (χ0n) is 6.91. The number of hydrogen-bond acceptors (Lipinski definition) is 3. The molecule has 0 unspecified atom stereocenters. The van der Waals surface area contributed by atoms with Crippen LogP contribution >= 0.6 is 0 Å². The minimum atomic E-state index is -0.348. The third kappa shape index (κ3) is 1.65. The van der Waals surface area contributed by atoms with Crippen LogP contribution in [0.2, 0.25) is 0 Å². The van der Waals surface area contributed by atoms with Crippen molar-refractivity contribution in [2.45, 2.75) is 0 Å². The number of carbonyl (C=O) groups excluding carboxylic acids is 2. The fraction of sp³-hybridized carbons (Fsp3) is 0.667. The molecular weight excluding hydrogens is 160 g/mol. The number of nitrogens with one attached hydrogen (secondary N) is 1. The molecule has 0 aromatic heterocycles. The Balaban J connectivity index is 2.44. The zero-order chi connectivity index (χ0) is 9.14. The normalized spacial score (nSPS) is 17.0. The molecule has 0 saturated carbocycles. The summed E-state index contributed by atoms with van der Waals surface area (Å²) in [4.78, 5) is 25.0. The summed E-state index contributed by atoms with van der Waals surface area (Å²) in [6.07, 6.45) is 0. The second-order valence-electron chi connectivity index (χ2n) is 2.69. The SMILES string of the molecule is CN1CCN(CC(=O)NN)C1=O. The average Bonchev–Trinajstić information content (AvgIpc) is 2.36. The topological polar surface area (TPSA) is 78.7 Å². The van der Waals surface area contributed by atoms with Crippen LogP contribution in [0.25, 0.3) is 0 Å². The van der Waals surface area contributed by atoms with E-state index < -0.39 is 0 Å². The van der Waals surface area contributed by atoms with Gasteiger partial charge < -0.3 is 9.80 Å². The van der Waals surface area contributed by atoms with Gasteiger partial charge in [0.05, 0.1) is 0 Å². The lowest BCUT2D eigenvalue weighted by Gasteiger charge is -2.13. The molecule has 0 bridgehead atoms. The number of hydrogen-bond donors (Lipinski definition) is 2. The number of amides is 3. The highest BCUT2D eigenvalue weighted by atomic mass is 16.2. The summed E-state index contributed by atoms with van der Waals surface area (Å²) >= 11 is 0. The summed E-state index contributed by atoms with van der Waals surface area (Å²) < 4.78 is 0. The monoisotopic (exact) mass is 172 g/mol. The second-order valence-corrected chi connectivity index (χ2v) is 2.69. The van der Waals surface area contributed by atoms with E-state index in [2.05, 4.69) is 0 Å². The molecule has 1 fully saturated rings. The molecule has 1 saturated heterocycles. The Kier molecular flexibility index (Phi) is 2.49. The van der Waals surface area contributed by atoms with Gasteiger partial charge >= 0.3 is 6.03 Å². The van der Waals surface area contributed by atoms with Crippen molar-refractivity contribution < 1.29 is 9.59 Å². The van der Waals surface area contributed by atoms with Crippen molar-refractivity contribution in [1.29, 1.82) is 0 Å². The van der Waals surface area contributed by atoms with Crippen molar-refractivity contribution in [2.24, 2.45) is 5.84 Å². The van der Waals surface area contributed by atoms with Crippen LogP contribution in [0.15, 0.2) is 0 Å². The molecule has 68 valence electrons. The average molecular weight is 172 g/mol. The Morgan fingerprint density at radius 1 is 1.67 bits per heavy atom. The van der Waals surface area contributed by atoms with Crippen molar-refractivity contribution in [3.63, 3.8) is 0 Å². The highest BCUT2D eigenvalue weighted by molar-refractivity contribution is 5.84. The summed E-state index contributed by atoms with van der Waals surface area (Å²) in [5.74, 6) is 4.53. The molecule has 0 aliphatic carbocycles. The molecule has 0 atom stereocenters. The van der Waals surface area contributed by atoms with Crippen LogP contribution in [-0.2, 0) is 4.79 Å². The molecule has 0 radical (unpaired) electrons. The second kappa shape index (κ2) is 3.40. The van der Waals surface area contributed by atoms with Gasteiger partial charge in [-0.1, -0.05) is 0 Å². The van der Waals surface area contributed by atoms with E-state index in [1.807, 2.05) is 5.43 Å². The summed E-state index contributed by atoms with van der Waals surface area (Å²) in [5, 5.41) is 0. The molecule has 1 heterocycles. The highest BCUT2D eigenvalue weighted by Gasteiger charge is 2.26. The number of urea groups is 1. The van der Waals surface area contributed by atoms with Crippen molar-refractivity contribution in [3.8, 4) is 0 Å². The molecular formula is C6H12N4O2. The van der Waals surface area contributed by atoms with Gasteiger partial charge in [0, 0.05) is 20.1 Å². The predicted molar refractivity (Wildman–Crippen MR) is 41.9 cm³/mol. The van der Waals surface area contributed by atoms with Gasteiger partial charge in [-0.25, -0.2) is 10.6 Å². The first-order valence-electron chi connectivity index (χ1n) is 3.64. The van der Waals surface area contributed by atoms with Crippen LogP contribution in [-0.4, -0.2) is 48.4 Å². The maximum atomic E-state index is 11.2. The fourth-order valence-corrected chi connectivity index (χ4v) is 1.07. The maximum Gasteiger partial charge on any atom is 0.320 e. The van der Waals surface area contributed by atoms with E-state index in [0.717, 1.165) is 0 Å². The van der Waals surface area contributed by atoms with Crippen molar-refractivity contribution in [1.82, 2.24) is 15.2 Å². The molecule has 0 aromatic rings. The van der Waals surface area contributed by atoms with Crippen LogP contribution in [0.1, 0.15) is 0 Å². The lowest BCUT2D eigenvalue weighted by atomic mass is 10.5. The smallest absolute Gasteiger partial charge is 0.320 e. The largest absolute Gasteiger partial charge is 0.326 e. The molecule has 12 heavy (non-hydrogen) atoms. The fourth-order valence-electron chi connectivity index (χ4n) is 1.07. The summed E-state index contributed by atoms with van der Waals surface area (Å²) in [7, 11) is 1.70. The molecule has 6 nitrogen and oxygen atoms in total. The van der Waals surface area contributed by atoms with Crippen LogP contribution < -0.4 is 11.3 Å². The number of carbonyl (C=O) groups is 2. The number of hydrazine groups is 1. The third-order valence-corrected chi connectivity index (χ3v) is 1.80. The number of likely N-dealkylation sites (N-methyl/N-ethyl adjacent to an activating group) is 1. The van der Waals surface area contributed by atoms with Crippen LogP contribution in [0, 0.1) is 0 Å². The van der Waals surface area contributed by atoms with Crippen molar-refractivity contribution >= 4 is 11.9 Å². The van der Waals surface area contributed by atoms with Crippen molar-refractivity contribution in [2.75, 3.05) is 26.7 Å². The van der Waals surface area contributed by atoms with Gasteiger partial charge in [0.25, 0.3) is 5.91 Å². The van der Waals surface area contributed by atoms with Gasteiger partial charge in [-0.05, 0) is 0 Å². The van der Waals surface area contributed by atoms with E-state index in [1.54, 1.807) is 11.9 Å². The van der Waals surface area contributed by atoms with E-state index in [4.69, 9.17) is 5.84 Å². The Morgan fingerprint density at radius 3 is 2.75 bits per heavy atom. The molecule has 1 aliphatic heterocycles. The quantitative estimate of drug-likeness (QED) is 0.297. The summed E-state index contributed by atoms with van der Waals surface area (Å²) in [6.45, 7) is 1.29. The lowest BCUT2D eigenvalue weighted by molar-refractivity contribution is -0.121. The minimum absolute atomic E-state index is 0.0413. The third-order valence-electron chi connectivity index (χ3n) is 1.80. The zero-order valence-corrected chi connectivity index (χ0v) is 6.91. The Hall–Kier alpha value is -1.30. The Morgan fingerprint density at radius 2 is 2.33 bits per heavy atom. The van der Waals surface area contributed by atoms with E-state index in [1.165, 1.54) is 4.90 Å². The first kappa shape index (κ1) is 8.79. The van der Waals surface area contributed by atoms with Crippen LogP contribution in [0.4, 0.5) is 4.79 Å². The van der Waals surface area contributed by atoms with Crippen LogP contribution in [0.5, 0.6) is 0 Å². The molecule has 3 amide bonds. The first-order chi connectivity index (χ1) is 5.65.